The van der Waals surface area contributed by atoms with Crippen molar-refractivity contribution in [2.75, 3.05) is 26.0 Å². The number of carbonyl (C=O) groups excluding carboxylic acids is 2. The molecular formula is C15H21N3O3. The lowest BCUT2D eigenvalue weighted by atomic mass is 10.1. The summed E-state index contributed by atoms with van der Waals surface area (Å²) in [5.74, 6) is -0.240. The normalized spacial score (nSPS) is 21.1. The van der Waals surface area contributed by atoms with Crippen LogP contribution in [0.5, 0.6) is 0 Å². The molecule has 0 aromatic heterocycles. The Morgan fingerprint density at radius 2 is 1.95 bits per heavy atom. The SMILES string of the molecule is CN(C)C(=O)c1ccc(NC(=O)[C@@H]2CC[C@H](CN)O2)cc1. The second kappa shape index (κ2) is 6.69. The van der Waals surface area contributed by atoms with Gasteiger partial charge in [-0.05, 0) is 37.1 Å². The smallest absolute Gasteiger partial charge is 0.253 e. The lowest BCUT2D eigenvalue weighted by molar-refractivity contribution is -0.126. The zero-order valence-corrected chi connectivity index (χ0v) is 12.3. The third kappa shape index (κ3) is 3.80. The fraction of sp³-hybridized carbons (Fsp3) is 0.467. The van der Waals surface area contributed by atoms with Crippen molar-refractivity contribution in [3.05, 3.63) is 29.8 Å². The molecule has 0 unspecified atom stereocenters. The number of ether oxygens (including phenoxy) is 1. The van der Waals surface area contributed by atoms with Crippen LogP contribution in [0, 0.1) is 0 Å². The fourth-order valence-corrected chi connectivity index (χ4v) is 2.25. The Morgan fingerprint density at radius 3 is 2.48 bits per heavy atom. The first-order valence-corrected chi connectivity index (χ1v) is 6.99. The van der Waals surface area contributed by atoms with Crippen molar-refractivity contribution in [3.63, 3.8) is 0 Å². The number of carbonyl (C=O) groups is 2. The maximum Gasteiger partial charge on any atom is 0.253 e. The van der Waals surface area contributed by atoms with Crippen molar-refractivity contribution >= 4 is 17.5 Å². The minimum Gasteiger partial charge on any atom is -0.364 e. The van der Waals surface area contributed by atoms with Crippen molar-refractivity contribution in [1.82, 2.24) is 4.90 Å². The van der Waals surface area contributed by atoms with E-state index < -0.39 is 6.10 Å². The Kier molecular flexibility index (Phi) is 4.93. The van der Waals surface area contributed by atoms with Gasteiger partial charge in [0.05, 0.1) is 6.10 Å². The van der Waals surface area contributed by atoms with Crippen LogP contribution in [0.15, 0.2) is 24.3 Å². The van der Waals surface area contributed by atoms with Gasteiger partial charge in [-0.2, -0.15) is 0 Å². The molecule has 0 saturated carbocycles. The molecule has 1 aromatic carbocycles. The highest BCUT2D eigenvalue weighted by atomic mass is 16.5. The highest BCUT2D eigenvalue weighted by Crippen LogP contribution is 2.20. The molecule has 2 atom stereocenters. The van der Waals surface area contributed by atoms with E-state index in [-0.39, 0.29) is 17.9 Å². The maximum atomic E-state index is 12.1. The first-order valence-electron chi connectivity index (χ1n) is 6.99. The van der Waals surface area contributed by atoms with Gasteiger partial charge in [0.15, 0.2) is 0 Å². The van der Waals surface area contributed by atoms with Crippen LogP contribution in [-0.2, 0) is 9.53 Å². The quantitative estimate of drug-likeness (QED) is 0.860. The predicted molar refractivity (Wildman–Crippen MR) is 80.0 cm³/mol. The van der Waals surface area contributed by atoms with E-state index in [0.717, 1.165) is 6.42 Å². The summed E-state index contributed by atoms with van der Waals surface area (Å²) < 4.78 is 5.54. The average molecular weight is 291 g/mol. The highest BCUT2D eigenvalue weighted by Gasteiger charge is 2.29. The minimum absolute atomic E-state index is 0.0270. The largest absolute Gasteiger partial charge is 0.364 e. The van der Waals surface area contributed by atoms with Crippen LogP contribution in [-0.4, -0.2) is 49.6 Å². The Hall–Kier alpha value is -1.92. The van der Waals surface area contributed by atoms with Crippen molar-refractivity contribution in [3.8, 4) is 0 Å². The molecule has 1 heterocycles. The van der Waals surface area contributed by atoms with Crippen molar-refractivity contribution < 1.29 is 14.3 Å². The van der Waals surface area contributed by atoms with Gasteiger partial charge in [-0.1, -0.05) is 0 Å². The highest BCUT2D eigenvalue weighted by molar-refractivity contribution is 5.96. The van der Waals surface area contributed by atoms with E-state index in [1.165, 1.54) is 4.90 Å². The van der Waals surface area contributed by atoms with Crippen LogP contribution < -0.4 is 11.1 Å². The van der Waals surface area contributed by atoms with E-state index in [9.17, 15) is 9.59 Å². The molecule has 0 bridgehead atoms. The Balaban J connectivity index is 1.94. The Labute approximate surface area is 124 Å². The Bertz CT molecular complexity index is 513. The van der Waals surface area contributed by atoms with E-state index in [0.29, 0.717) is 24.2 Å². The average Bonchev–Trinajstić information content (AvgIpc) is 2.96. The maximum absolute atomic E-state index is 12.1. The molecule has 0 aliphatic carbocycles. The summed E-state index contributed by atoms with van der Waals surface area (Å²) in [6.45, 7) is 0.436. The fourth-order valence-electron chi connectivity index (χ4n) is 2.25. The standard InChI is InChI=1S/C15H21N3O3/c1-18(2)15(20)10-3-5-11(6-4-10)17-14(19)13-8-7-12(9-16)21-13/h3-6,12-13H,7-9,16H2,1-2H3,(H,17,19)/t12-,13+/m1/s1. The molecule has 1 saturated heterocycles. The van der Waals surface area contributed by atoms with Gasteiger partial charge in [-0.15, -0.1) is 0 Å². The van der Waals surface area contributed by atoms with Gasteiger partial charge in [0.2, 0.25) is 0 Å². The molecular weight excluding hydrogens is 270 g/mol. The zero-order valence-electron chi connectivity index (χ0n) is 12.3. The number of benzene rings is 1. The number of nitrogens with zero attached hydrogens (tertiary/aromatic N) is 1. The van der Waals surface area contributed by atoms with Crippen molar-refractivity contribution in [1.29, 1.82) is 0 Å². The second-order valence-corrected chi connectivity index (χ2v) is 5.33. The molecule has 1 aromatic rings. The summed E-state index contributed by atoms with van der Waals surface area (Å²) in [7, 11) is 3.40. The molecule has 1 aliphatic heterocycles. The van der Waals surface area contributed by atoms with Crippen LogP contribution in [0.3, 0.4) is 0 Å². The van der Waals surface area contributed by atoms with Crippen LogP contribution in [0.25, 0.3) is 0 Å². The summed E-state index contributed by atoms with van der Waals surface area (Å²) >= 11 is 0. The summed E-state index contributed by atoms with van der Waals surface area (Å²) in [5.41, 5.74) is 6.76. The number of hydrogen-bond acceptors (Lipinski definition) is 4. The molecule has 0 radical (unpaired) electrons. The first kappa shape index (κ1) is 15.5. The molecule has 2 amide bonds. The van der Waals surface area contributed by atoms with Gasteiger partial charge < -0.3 is 20.7 Å². The summed E-state index contributed by atoms with van der Waals surface area (Å²) in [6, 6.07) is 6.81. The van der Waals surface area contributed by atoms with Gasteiger partial charge >= 0.3 is 0 Å². The third-order valence-electron chi connectivity index (χ3n) is 3.47. The molecule has 2 rings (SSSR count). The molecule has 1 aliphatic rings. The van der Waals surface area contributed by atoms with E-state index in [1.807, 2.05) is 0 Å². The molecule has 6 heteroatoms. The monoisotopic (exact) mass is 291 g/mol. The van der Waals surface area contributed by atoms with Gasteiger partial charge in [0, 0.05) is 31.9 Å². The van der Waals surface area contributed by atoms with E-state index in [2.05, 4.69) is 5.32 Å². The molecule has 114 valence electrons. The van der Waals surface area contributed by atoms with Gasteiger partial charge in [-0.25, -0.2) is 0 Å². The van der Waals surface area contributed by atoms with E-state index in [1.54, 1.807) is 38.4 Å². The molecule has 0 spiro atoms. The van der Waals surface area contributed by atoms with Crippen molar-refractivity contribution in [2.45, 2.75) is 25.0 Å². The van der Waals surface area contributed by atoms with Crippen LogP contribution in [0.2, 0.25) is 0 Å². The van der Waals surface area contributed by atoms with Gasteiger partial charge in [0.25, 0.3) is 11.8 Å². The lowest BCUT2D eigenvalue weighted by Crippen LogP contribution is -2.29. The summed E-state index contributed by atoms with van der Waals surface area (Å²) in [5, 5.41) is 2.79. The molecule has 3 N–H and O–H groups in total. The van der Waals surface area contributed by atoms with E-state index in [4.69, 9.17) is 10.5 Å². The molecule has 6 nitrogen and oxygen atoms in total. The number of nitrogens with two attached hydrogens (primary N) is 1. The van der Waals surface area contributed by atoms with Gasteiger partial charge in [0.1, 0.15) is 6.10 Å². The third-order valence-corrected chi connectivity index (χ3v) is 3.47. The van der Waals surface area contributed by atoms with E-state index >= 15 is 0 Å². The molecule has 1 fully saturated rings. The van der Waals surface area contributed by atoms with Crippen molar-refractivity contribution in [2.24, 2.45) is 5.73 Å². The Morgan fingerprint density at radius 1 is 1.29 bits per heavy atom. The van der Waals surface area contributed by atoms with Crippen LogP contribution in [0.4, 0.5) is 5.69 Å². The predicted octanol–water partition coefficient (Wildman–Crippen LogP) is 0.833. The lowest BCUT2D eigenvalue weighted by Gasteiger charge is -2.13. The second-order valence-electron chi connectivity index (χ2n) is 5.33. The molecule has 21 heavy (non-hydrogen) atoms. The number of anilines is 1. The number of hydrogen-bond donors (Lipinski definition) is 2. The van der Waals surface area contributed by atoms with Crippen LogP contribution >= 0.6 is 0 Å². The minimum atomic E-state index is -0.443. The van der Waals surface area contributed by atoms with Gasteiger partial charge in [-0.3, -0.25) is 9.59 Å². The zero-order chi connectivity index (χ0) is 15.4. The topological polar surface area (TPSA) is 84.7 Å². The number of rotatable bonds is 4. The first-order chi connectivity index (χ1) is 10.0. The number of amides is 2. The van der Waals surface area contributed by atoms with Crippen LogP contribution in [0.1, 0.15) is 23.2 Å². The summed E-state index contributed by atoms with van der Waals surface area (Å²) in [6.07, 6.45) is 1.03. The number of nitrogens with one attached hydrogen (secondary N) is 1. The summed E-state index contributed by atoms with van der Waals surface area (Å²) in [4.78, 5) is 25.3.